The van der Waals surface area contributed by atoms with Gasteiger partial charge < -0.3 is 5.32 Å². The van der Waals surface area contributed by atoms with Gasteiger partial charge >= 0.3 is 0 Å². The minimum Gasteiger partial charge on any atom is -0.380 e. The summed E-state index contributed by atoms with van der Waals surface area (Å²) >= 11 is 5.89. The zero-order valence-electron chi connectivity index (χ0n) is 11.4. The van der Waals surface area contributed by atoms with Crippen LogP contribution in [-0.4, -0.2) is 6.04 Å². The molecule has 0 spiro atoms. The molecule has 2 aromatic rings. The highest BCUT2D eigenvalue weighted by atomic mass is 35.5. The molecule has 1 aliphatic carbocycles. The molecule has 1 N–H and O–H groups in total. The molecule has 1 nitrogen and oxygen atoms in total. The Hall–Kier alpha value is -1.54. The quantitative estimate of drug-likeness (QED) is 0.824. The van der Waals surface area contributed by atoms with Crippen LogP contribution in [0.4, 0.5) is 10.1 Å². The van der Waals surface area contributed by atoms with Gasteiger partial charge in [0.15, 0.2) is 0 Å². The summed E-state index contributed by atoms with van der Waals surface area (Å²) in [7, 11) is 0. The highest BCUT2D eigenvalue weighted by Crippen LogP contribution is 2.39. The van der Waals surface area contributed by atoms with E-state index in [2.05, 4.69) is 36.5 Å². The summed E-state index contributed by atoms with van der Waals surface area (Å²) in [6.07, 6.45) is 2.07. The Labute approximate surface area is 123 Å². The molecule has 1 saturated carbocycles. The molecule has 104 valence electrons. The fourth-order valence-corrected chi connectivity index (χ4v) is 2.85. The third-order valence-corrected chi connectivity index (χ3v) is 4.21. The summed E-state index contributed by atoms with van der Waals surface area (Å²) in [6.45, 7) is 2.09. The molecule has 0 aliphatic heterocycles. The first kappa shape index (κ1) is 13.4. The molecule has 0 unspecified atom stereocenters. The van der Waals surface area contributed by atoms with Crippen molar-refractivity contribution in [1.82, 2.24) is 0 Å². The van der Waals surface area contributed by atoms with Crippen LogP contribution in [-0.2, 0) is 0 Å². The van der Waals surface area contributed by atoms with Crippen LogP contribution in [0, 0.1) is 12.7 Å². The fraction of sp³-hybridized carbons (Fsp3) is 0.294. The molecular formula is C17H17ClFN. The minimum atomic E-state index is -0.242. The molecule has 0 atom stereocenters. The first-order valence-corrected chi connectivity index (χ1v) is 7.28. The van der Waals surface area contributed by atoms with E-state index < -0.39 is 0 Å². The number of benzene rings is 2. The number of rotatable bonds is 3. The van der Waals surface area contributed by atoms with Crippen molar-refractivity contribution < 1.29 is 4.39 Å². The molecule has 2 aromatic carbocycles. The van der Waals surface area contributed by atoms with E-state index in [1.165, 1.54) is 17.2 Å². The van der Waals surface area contributed by atoms with Gasteiger partial charge in [0.1, 0.15) is 5.82 Å². The van der Waals surface area contributed by atoms with Crippen LogP contribution in [0.1, 0.15) is 29.9 Å². The number of nitrogens with one attached hydrogen (secondary N) is 1. The van der Waals surface area contributed by atoms with Crippen LogP contribution in [0.5, 0.6) is 0 Å². The lowest BCUT2D eigenvalue weighted by Gasteiger charge is -2.37. The van der Waals surface area contributed by atoms with Crippen molar-refractivity contribution >= 4 is 17.3 Å². The van der Waals surface area contributed by atoms with E-state index in [-0.39, 0.29) is 5.82 Å². The van der Waals surface area contributed by atoms with Crippen molar-refractivity contribution in [2.75, 3.05) is 5.32 Å². The van der Waals surface area contributed by atoms with Gasteiger partial charge in [-0.3, -0.25) is 0 Å². The van der Waals surface area contributed by atoms with Gasteiger partial charge in [-0.05, 0) is 49.4 Å². The molecule has 20 heavy (non-hydrogen) atoms. The van der Waals surface area contributed by atoms with Gasteiger partial charge in [0.2, 0.25) is 0 Å². The van der Waals surface area contributed by atoms with E-state index >= 15 is 0 Å². The second-order valence-corrected chi connectivity index (χ2v) is 5.98. The molecule has 1 aliphatic rings. The average molecular weight is 290 g/mol. The average Bonchev–Trinajstić information content (AvgIpc) is 2.39. The third kappa shape index (κ3) is 2.80. The lowest BCUT2D eigenvalue weighted by atomic mass is 9.75. The fourth-order valence-electron chi connectivity index (χ4n) is 2.67. The summed E-state index contributed by atoms with van der Waals surface area (Å²) in [5.74, 6) is 0.337. The summed E-state index contributed by atoms with van der Waals surface area (Å²) in [6, 6.07) is 13.6. The Balaban J connectivity index is 1.60. The van der Waals surface area contributed by atoms with E-state index in [0.717, 1.165) is 12.8 Å². The van der Waals surface area contributed by atoms with E-state index in [0.29, 0.717) is 22.7 Å². The summed E-state index contributed by atoms with van der Waals surface area (Å²) in [4.78, 5) is 0. The molecule has 0 saturated heterocycles. The zero-order valence-corrected chi connectivity index (χ0v) is 12.1. The Bertz CT molecular complexity index is 603. The summed E-state index contributed by atoms with van der Waals surface area (Å²) < 4.78 is 13.6. The van der Waals surface area contributed by atoms with Crippen LogP contribution >= 0.6 is 11.6 Å². The topological polar surface area (TPSA) is 12.0 Å². The summed E-state index contributed by atoms with van der Waals surface area (Å²) in [5.41, 5.74) is 3.16. The van der Waals surface area contributed by atoms with Gasteiger partial charge in [-0.1, -0.05) is 41.4 Å². The molecule has 1 fully saturated rings. The zero-order chi connectivity index (χ0) is 14.1. The SMILES string of the molecule is Cc1ccc(C2CC(Nc3cc(Cl)ccc3F)C2)cc1. The number of halogens is 2. The molecule has 0 amide bonds. The number of hydrogen-bond acceptors (Lipinski definition) is 1. The van der Waals surface area contributed by atoms with Crippen LogP contribution in [0.15, 0.2) is 42.5 Å². The first-order valence-electron chi connectivity index (χ1n) is 6.90. The molecule has 0 heterocycles. The smallest absolute Gasteiger partial charge is 0.146 e. The maximum atomic E-state index is 13.6. The van der Waals surface area contributed by atoms with E-state index in [9.17, 15) is 4.39 Å². The lowest BCUT2D eigenvalue weighted by Crippen LogP contribution is -2.34. The maximum Gasteiger partial charge on any atom is 0.146 e. The normalized spacial score (nSPS) is 21.4. The number of aryl methyl sites for hydroxylation is 1. The highest BCUT2D eigenvalue weighted by Gasteiger charge is 2.30. The van der Waals surface area contributed by atoms with Crippen LogP contribution in [0.3, 0.4) is 0 Å². The second kappa shape index (κ2) is 5.45. The van der Waals surface area contributed by atoms with Gasteiger partial charge in [-0.25, -0.2) is 4.39 Å². The van der Waals surface area contributed by atoms with E-state index in [1.807, 2.05) is 0 Å². The van der Waals surface area contributed by atoms with Crippen LogP contribution in [0.25, 0.3) is 0 Å². The Morgan fingerprint density at radius 3 is 2.50 bits per heavy atom. The largest absolute Gasteiger partial charge is 0.380 e. The lowest BCUT2D eigenvalue weighted by molar-refractivity contribution is 0.373. The first-order chi connectivity index (χ1) is 9.61. The van der Waals surface area contributed by atoms with Crippen molar-refractivity contribution in [3.8, 4) is 0 Å². The van der Waals surface area contributed by atoms with Crippen LogP contribution < -0.4 is 5.32 Å². The van der Waals surface area contributed by atoms with Crippen molar-refractivity contribution in [3.05, 3.63) is 64.4 Å². The van der Waals surface area contributed by atoms with Gasteiger partial charge in [0.05, 0.1) is 5.69 Å². The maximum absolute atomic E-state index is 13.6. The molecular weight excluding hydrogens is 273 g/mol. The van der Waals surface area contributed by atoms with E-state index in [4.69, 9.17) is 11.6 Å². The predicted octanol–water partition coefficient (Wildman–Crippen LogP) is 5.15. The van der Waals surface area contributed by atoms with Gasteiger partial charge in [-0.2, -0.15) is 0 Å². The Morgan fingerprint density at radius 1 is 1.10 bits per heavy atom. The van der Waals surface area contributed by atoms with E-state index in [1.54, 1.807) is 12.1 Å². The molecule has 0 radical (unpaired) electrons. The van der Waals surface area contributed by atoms with Crippen LogP contribution in [0.2, 0.25) is 5.02 Å². The summed E-state index contributed by atoms with van der Waals surface area (Å²) in [5, 5.41) is 3.80. The number of hydrogen-bond donors (Lipinski definition) is 1. The molecule has 0 bridgehead atoms. The Kier molecular flexibility index (Phi) is 3.66. The Morgan fingerprint density at radius 2 is 1.80 bits per heavy atom. The van der Waals surface area contributed by atoms with Crippen molar-refractivity contribution in [2.45, 2.75) is 31.7 Å². The van der Waals surface area contributed by atoms with Crippen molar-refractivity contribution in [2.24, 2.45) is 0 Å². The van der Waals surface area contributed by atoms with Gasteiger partial charge in [-0.15, -0.1) is 0 Å². The monoisotopic (exact) mass is 289 g/mol. The molecule has 3 rings (SSSR count). The second-order valence-electron chi connectivity index (χ2n) is 5.54. The predicted molar refractivity (Wildman–Crippen MR) is 82.0 cm³/mol. The standard InChI is InChI=1S/C17H17ClFN/c1-11-2-4-12(5-3-11)13-8-15(9-13)20-17-10-14(18)6-7-16(17)19/h2-7,10,13,15,20H,8-9H2,1H3. The van der Waals surface area contributed by atoms with Crippen molar-refractivity contribution in [3.63, 3.8) is 0 Å². The molecule has 3 heteroatoms. The van der Waals surface area contributed by atoms with Crippen molar-refractivity contribution in [1.29, 1.82) is 0 Å². The third-order valence-electron chi connectivity index (χ3n) is 3.97. The number of anilines is 1. The highest BCUT2D eigenvalue weighted by molar-refractivity contribution is 6.30. The van der Waals surface area contributed by atoms with Gasteiger partial charge in [0, 0.05) is 11.1 Å². The minimum absolute atomic E-state index is 0.242. The molecule has 0 aromatic heterocycles. The van der Waals surface area contributed by atoms with Gasteiger partial charge in [0.25, 0.3) is 0 Å².